The number of aromatic hydroxyl groups is 1. The van der Waals surface area contributed by atoms with E-state index in [-0.39, 0.29) is 5.75 Å². The lowest BCUT2D eigenvalue weighted by atomic mass is 10.1. The lowest BCUT2D eigenvalue weighted by molar-refractivity contribution is 0.221. The van der Waals surface area contributed by atoms with Crippen LogP contribution in [0.5, 0.6) is 11.5 Å². The van der Waals surface area contributed by atoms with Gasteiger partial charge in [0, 0.05) is 36.1 Å². The van der Waals surface area contributed by atoms with Crippen LogP contribution in [0, 0.1) is 6.92 Å². The van der Waals surface area contributed by atoms with Crippen molar-refractivity contribution in [2.24, 2.45) is 0 Å². The van der Waals surface area contributed by atoms with Crippen LogP contribution in [0.3, 0.4) is 0 Å². The van der Waals surface area contributed by atoms with Gasteiger partial charge in [0.25, 0.3) is 0 Å². The highest BCUT2D eigenvalue weighted by Crippen LogP contribution is 2.27. The van der Waals surface area contributed by atoms with Gasteiger partial charge in [-0.05, 0) is 63.0 Å². The minimum Gasteiger partial charge on any atom is -0.508 e. The van der Waals surface area contributed by atoms with Gasteiger partial charge in [-0.2, -0.15) is 0 Å². The van der Waals surface area contributed by atoms with Crippen molar-refractivity contribution in [1.82, 2.24) is 20.2 Å². The lowest BCUT2D eigenvalue weighted by Gasteiger charge is -2.19. The van der Waals surface area contributed by atoms with Crippen LogP contribution in [0.4, 0.5) is 11.6 Å². The molecular weight excluding hydrogens is 402 g/mol. The normalized spacial score (nSPS) is 11.0. The van der Waals surface area contributed by atoms with Crippen molar-refractivity contribution in [2.45, 2.75) is 27.3 Å². The largest absolute Gasteiger partial charge is 0.508 e. The summed E-state index contributed by atoms with van der Waals surface area (Å²) in [5, 5.41) is 16.3. The molecule has 0 radical (unpaired) electrons. The van der Waals surface area contributed by atoms with Gasteiger partial charge in [-0.25, -0.2) is 9.97 Å². The molecule has 0 atom stereocenters. The second-order valence-corrected chi connectivity index (χ2v) is 7.63. The molecule has 0 spiro atoms. The number of nitrogens with zero attached hydrogens (tertiary/aromatic N) is 3. The van der Waals surface area contributed by atoms with E-state index in [1.807, 2.05) is 38.2 Å². The summed E-state index contributed by atoms with van der Waals surface area (Å²) in [6.07, 6.45) is 1.79. The Balaban J connectivity index is 1.77. The summed E-state index contributed by atoms with van der Waals surface area (Å²) >= 11 is 0. The molecule has 7 nitrogen and oxygen atoms in total. The van der Waals surface area contributed by atoms with E-state index < -0.39 is 0 Å². The maximum absolute atomic E-state index is 9.82. The van der Waals surface area contributed by atoms with E-state index in [9.17, 15) is 5.11 Å². The predicted octanol–water partition coefficient (Wildman–Crippen LogP) is 4.34. The lowest BCUT2D eigenvalue weighted by Crippen LogP contribution is -2.28. The highest BCUT2D eigenvalue weighted by Gasteiger charge is 2.10. The van der Waals surface area contributed by atoms with E-state index in [4.69, 9.17) is 4.74 Å². The molecule has 2 aromatic carbocycles. The standard InChI is InChI=1S/C25H33N5O2/c1-5-30(6-2)12-13-32-23-11-10-21(14-20(23)17-26-4)28-25-27-16-18(3)24(29-25)19-8-7-9-22(31)15-19/h7-11,14-16,26,31H,5-6,12-13,17H2,1-4H3,(H,27,28,29). The number of hydrogen-bond acceptors (Lipinski definition) is 7. The van der Waals surface area contributed by atoms with Crippen molar-refractivity contribution < 1.29 is 9.84 Å². The number of benzene rings is 2. The summed E-state index contributed by atoms with van der Waals surface area (Å²) in [6, 6.07) is 13.1. The predicted molar refractivity (Wildman–Crippen MR) is 130 cm³/mol. The minimum absolute atomic E-state index is 0.211. The molecule has 0 aliphatic rings. The van der Waals surface area contributed by atoms with Crippen molar-refractivity contribution in [3.05, 3.63) is 59.8 Å². The summed E-state index contributed by atoms with van der Waals surface area (Å²) < 4.78 is 6.07. The maximum atomic E-state index is 9.82. The first kappa shape index (κ1) is 23.5. The van der Waals surface area contributed by atoms with E-state index in [0.717, 1.165) is 53.5 Å². The zero-order chi connectivity index (χ0) is 22.9. The monoisotopic (exact) mass is 435 g/mol. The molecule has 0 saturated heterocycles. The SMILES string of the molecule is CCN(CC)CCOc1ccc(Nc2ncc(C)c(-c3cccc(O)c3)n2)cc1CNC. The van der Waals surface area contributed by atoms with Gasteiger partial charge in [0.1, 0.15) is 18.1 Å². The molecule has 1 aromatic heterocycles. The molecule has 0 fully saturated rings. The number of anilines is 2. The van der Waals surface area contributed by atoms with Gasteiger partial charge in [-0.1, -0.05) is 26.0 Å². The van der Waals surface area contributed by atoms with E-state index in [1.165, 1.54) is 0 Å². The number of ether oxygens (including phenoxy) is 1. The first-order valence-electron chi connectivity index (χ1n) is 11.1. The molecule has 3 aromatic rings. The number of phenols is 1. The molecule has 3 N–H and O–H groups in total. The van der Waals surface area contributed by atoms with Crippen LogP contribution in [0.15, 0.2) is 48.7 Å². The molecular formula is C25H33N5O2. The second kappa shape index (κ2) is 11.5. The topological polar surface area (TPSA) is 82.5 Å². The van der Waals surface area contributed by atoms with Crippen molar-refractivity contribution in [2.75, 3.05) is 38.6 Å². The molecule has 0 bridgehead atoms. The number of aryl methyl sites for hydroxylation is 1. The zero-order valence-electron chi connectivity index (χ0n) is 19.4. The van der Waals surface area contributed by atoms with Crippen LogP contribution >= 0.6 is 0 Å². The smallest absolute Gasteiger partial charge is 0.227 e. The quantitative estimate of drug-likeness (QED) is 0.413. The van der Waals surface area contributed by atoms with Gasteiger partial charge in [-0.15, -0.1) is 0 Å². The Morgan fingerprint density at radius 2 is 1.91 bits per heavy atom. The summed E-state index contributed by atoms with van der Waals surface area (Å²) in [7, 11) is 1.92. The molecule has 32 heavy (non-hydrogen) atoms. The average molecular weight is 436 g/mol. The van der Waals surface area contributed by atoms with Crippen LogP contribution in [-0.2, 0) is 6.54 Å². The number of hydrogen-bond donors (Lipinski definition) is 3. The number of aromatic nitrogens is 2. The summed E-state index contributed by atoms with van der Waals surface area (Å²) in [4.78, 5) is 11.4. The Bertz CT molecular complexity index is 1020. The molecule has 0 saturated carbocycles. The van der Waals surface area contributed by atoms with Crippen LogP contribution in [-0.4, -0.2) is 53.3 Å². The highest BCUT2D eigenvalue weighted by atomic mass is 16.5. The average Bonchev–Trinajstić information content (AvgIpc) is 2.79. The van der Waals surface area contributed by atoms with Crippen LogP contribution in [0.1, 0.15) is 25.0 Å². The fourth-order valence-corrected chi connectivity index (χ4v) is 3.53. The third-order valence-corrected chi connectivity index (χ3v) is 5.33. The van der Waals surface area contributed by atoms with Crippen molar-refractivity contribution >= 4 is 11.6 Å². The van der Waals surface area contributed by atoms with Crippen LogP contribution in [0.25, 0.3) is 11.3 Å². The summed E-state index contributed by atoms with van der Waals surface area (Å²) in [6.45, 7) is 10.6. The van der Waals surface area contributed by atoms with Gasteiger partial charge in [0.05, 0.1) is 5.69 Å². The van der Waals surface area contributed by atoms with Crippen LogP contribution in [0.2, 0.25) is 0 Å². The third-order valence-electron chi connectivity index (χ3n) is 5.33. The molecule has 0 amide bonds. The van der Waals surface area contributed by atoms with Gasteiger partial charge >= 0.3 is 0 Å². The molecule has 1 heterocycles. The number of likely N-dealkylation sites (N-methyl/N-ethyl adjacent to an activating group) is 1. The fourth-order valence-electron chi connectivity index (χ4n) is 3.53. The Hall–Kier alpha value is -3.16. The summed E-state index contributed by atoms with van der Waals surface area (Å²) in [5.74, 6) is 1.59. The second-order valence-electron chi connectivity index (χ2n) is 7.63. The molecule has 7 heteroatoms. The van der Waals surface area contributed by atoms with Crippen LogP contribution < -0.4 is 15.4 Å². The van der Waals surface area contributed by atoms with E-state index >= 15 is 0 Å². The molecule has 0 aliphatic heterocycles. The Morgan fingerprint density at radius 1 is 1.09 bits per heavy atom. The molecule has 170 valence electrons. The van der Waals surface area contributed by atoms with E-state index in [2.05, 4.69) is 45.4 Å². The number of nitrogens with one attached hydrogen (secondary N) is 2. The first-order chi connectivity index (χ1) is 15.5. The fraction of sp³-hybridized carbons (Fsp3) is 0.360. The van der Waals surface area contributed by atoms with Crippen molar-refractivity contribution in [1.29, 1.82) is 0 Å². The van der Waals surface area contributed by atoms with E-state index in [0.29, 0.717) is 19.1 Å². The number of phenolic OH excluding ortho intramolecular Hbond substituents is 1. The van der Waals surface area contributed by atoms with Gasteiger partial charge < -0.3 is 25.4 Å². The van der Waals surface area contributed by atoms with Gasteiger partial charge in [-0.3, -0.25) is 0 Å². The zero-order valence-corrected chi connectivity index (χ0v) is 19.4. The van der Waals surface area contributed by atoms with Crippen molar-refractivity contribution in [3.8, 4) is 22.8 Å². The maximum Gasteiger partial charge on any atom is 0.227 e. The Morgan fingerprint density at radius 3 is 2.62 bits per heavy atom. The molecule has 0 unspecified atom stereocenters. The Kier molecular flexibility index (Phi) is 8.41. The highest BCUT2D eigenvalue weighted by molar-refractivity contribution is 5.66. The number of rotatable bonds is 11. The Labute approximate surface area is 190 Å². The summed E-state index contributed by atoms with van der Waals surface area (Å²) in [5.41, 5.74) is 4.52. The third kappa shape index (κ3) is 6.18. The van der Waals surface area contributed by atoms with Gasteiger partial charge in [0.2, 0.25) is 5.95 Å². The van der Waals surface area contributed by atoms with Gasteiger partial charge in [0.15, 0.2) is 0 Å². The molecule has 0 aliphatic carbocycles. The minimum atomic E-state index is 0.211. The van der Waals surface area contributed by atoms with E-state index in [1.54, 1.807) is 18.3 Å². The van der Waals surface area contributed by atoms with Crippen molar-refractivity contribution in [3.63, 3.8) is 0 Å². The first-order valence-corrected chi connectivity index (χ1v) is 11.1. The molecule has 3 rings (SSSR count).